The Morgan fingerprint density at radius 2 is 1.94 bits per heavy atom. The molecule has 1 heterocycles. The minimum absolute atomic E-state index is 0.434. The molecule has 84 valence electrons. The number of nitrogens with two attached hydrogens (primary N) is 1. The van der Waals surface area contributed by atoms with E-state index in [-0.39, 0.29) is 0 Å². The van der Waals surface area contributed by atoms with Gasteiger partial charge in [-0.2, -0.15) is 0 Å². The Bertz CT molecular complexity index is 473. The predicted molar refractivity (Wildman–Crippen MR) is 65.7 cm³/mol. The summed E-state index contributed by atoms with van der Waals surface area (Å²) < 4.78 is 1.91. The Hall–Kier alpha value is -1.03. The Morgan fingerprint density at radius 1 is 1.25 bits per heavy atom. The van der Waals surface area contributed by atoms with Crippen LogP contribution in [0.4, 0.5) is 0 Å². The highest BCUT2D eigenvalue weighted by molar-refractivity contribution is 6.35. The molecule has 0 atom stereocenters. The molecule has 0 saturated carbocycles. The lowest BCUT2D eigenvalue weighted by Crippen LogP contribution is -1.99. The molecule has 0 unspecified atom stereocenters. The Labute approximate surface area is 104 Å². The molecule has 1 aromatic carbocycles. The van der Waals surface area contributed by atoms with E-state index in [1.807, 2.05) is 29.0 Å². The van der Waals surface area contributed by atoms with Crippen LogP contribution in [0.25, 0.3) is 0 Å². The lowest BCUT2D eigenvalue weighted by molar-refractivity contribution is 0.796. The van der Waals surface area contributed by atoms with Gasteiger partial charge in [-0.05, 0) is 12.1 Å². The molecule has 5 heteroatoms. The Kier molecular flexibility index (Phi) is 3.49. The summed E-state index contributed by atoms with van der Waals surface area (Å²) in [6, 6.07) is 5.47. The van der Waals surface area contributed by atoms with Crippen LogP contribution >= 0.6 is 23.2 Å². The van der Waals surface area contributed by atoms with E-state index in [1.54, 1.807) is 6.33 Å². The van der Waals surface area contributed by atoms with Crippen LogP contribution in [0.15, 0.2) is 30.7 Å². The van der Waals surface area contributed by atoms with Gasteiger partial charge >= 0.3 is 0 Å². The molecule has 0 fully saturated rings. The van der Waals surface area contributed by atoms with E-state index in [0.29, 0.717) is 23.1 Å². The van der Waals surface area contributed by atoms with Crippen LogP contribution in [-0.4, -0.2) is 9.55 Å². The maximum absolute atomic E-state index is 6.08. The third kappa shape index (κ3) is 2.38. The quantitative estimate of drug-likeness (QED) is 0.917. The Morgan fingerprint density at radius 3 is 2.50 bits per heavy atom. The largest absolute Gasteiger partial charge is 0.333 e. The van der Waals surface area contributed by atoms with Crippen LogP contribution < -0.4 is 5.73 Å². The van der Waals surface area contributed by atoms with Gasteiger partial charge in [-0.15, -0.1) is 0 Å². The summed E-state index contributed by atoms with van der Waals surface area (Å²) in [5.41, 5.74) is 7.23. The van der Waals surface area contributed by atoms with Crippen molar-refractivity contribution >= 4 is 23.2 Å². The van der Waals surface area contributed by atoms with Gasteiger partial charge in [-0.25, -0.2) is 4.98 Å². The topological polar surface area (TPSA) is 43.8 Å². The number of benzene rings is 1. The fourth-order valence-electron chi connectivity index (χ4n) is 1.46. The molecule has 0 spiro atoms. The number of imidazole rings is 1. The van der Waals surface area contributed by atoms with Crippen molar-refractivity contribution in [3.63, 3.8) is 0 Å². The van der Waals surface area contributed by atoms with Gasteiger partial charge in [0.2, 0.25) is 0 Å². The maximum atomic E-state index is 6.08. The van der Waals surface area contributed by atoms with Crippen LogP contribution in [0.2, 0.25) is 10.0 Å². The minimum Gasteiger partial charge on any atom is -0.333 e. The molecule has 1 aromatic heterocycles. The fraction of sp³-hybridized carbons (Fsp3) is 0.182. The number of nitrogens with zero attached hydrogens (tertiary/aromatic N) is 2. The molecule has 2 aromatic rings. The maximum Gasteiger partial charge on any atom is 0.0953 e. The van der Waals surface area contributed by atoms with Gasteiger partial charge in [0, 0.05) is 28.4 Å². The van der Waals surface area contributed by atoms with Crippen molar-refractivity contribution in [1.82, 2.24) is 9.55 Å². The van der Waals surface area contributed by atoms with E-state index in [0.717, 1.165) is 11.3 Å². The van der Waals surface area contributed by atoms with Gasteiger partial charge in [-0.3, -0.25) is 0 Å². The second kappa shape index (κ2) is 4.87. The van der Waals surface area contributed by atoms with Crippen LogP contribution in [0, 0.1) is 0 Å². The fourth-order valence-corrected chi connectivity index (χ4v) is 1.98. The van der Waals surface area contributed by atoms with Gasteiger partial charge in [0.1, 0.15) is 0 Å². The van der Waals surface area contributed by atoms with E-state index in [9.17, 15) is 0 Å². The molecule has 0 saturated heterocycles. The van der Waals surface area contributed by atoms with Gasteiger partial charge in [0.25, 0.3) is 0 Å². The van der Waals surface area contributed by atoms with Gasteiger partial charge < -0.3 is 10.3 Å². The average molecular weight is 256 g/mol. The molecule has 0 radical (unpaired) electrons. The average Bonchev–Trinajstić information content (AvgIpc) is 2.71. The van der Waals surface area contributed by atoms with E-state index in [4.69, 9.17) is 28.9 Å². The van der Waals surface area contributed by atoms with Gasteiger partial charge in [-0.1, -0.05) is 29.3 Å². The first kappa shape index (κ1) is 11.5. The summed E-state index contributed by atoms with van der Waals surface area (Å²) in [7, 11) is 0. The second-order valence-corrected chi connectivity index (χ2v) is 4.26. The highest BCUT2D eigenvalue weighted by atomic mass is 35.5. The van der Waals surface area contributed by atoms with E-state index in [1.165, 1.54) is 0 Å². The Balaban J connectivity index is 2.26. The lowest BCUT2D eigenvalue weighted by Gasteiger charge is -2.07. The van der Waals surface area contributed by atoms with Gasteiger partial charge in [0.05, 0.1) is 18.6 Å². The molecule has 16 heavy (non-hydrogen) atoms. The number of hydrogen-bond donors (Lipinski definition) is 1. The summed E-state index contributed by atoms with van der Waals surface area (Å²) in [5, 5.41) is 1.32. The van der Waals surface area contributed by atoms with Crippen molar-refractivity contribution in [3.8, 4) is 0 Å². The molecule has 3 nitrogen and oxygen atoms in total. The lowest BCUT2D eigenvalue weighted by atomic mass is 10.2. The summed E-state index contributed by atoms with van der Waals surface area (Å²) >= 11 is 12.2. The van der Waals surface area contributed by atoms with Crippen LogP contribution in [-0.2, 0) is 13.1 Å². The monoisotopic (exact) mass is 255 g/mol. The van der Waals surface area contributed by atoms with Crippen LogP contribution in [0.5, 0.6) is 0 Å². The first-order valence-corrected chi connectivity index (χ1v) is 5.60. The molecular formula is C11H11Cl2N3. The van der Waals surface area contributed by atoms with Gasteiger partial charge in [0.15, 0.2) is 0 Å². The minimum atomic E-state index is 0.434. The zero-order valence-corrected chi connectivity index (χ0v) is 10.0. The standard InChI is InChI=1S/C11H11Cl2N3/c12-10-2-1-3-11(13)9(10)6-16-5-8(4-14)15-7-16/h1-3,5,7H,4,6,14H2. The van der Waals surface area contributed by atoms with E-state index < -0.39 is 0 Å². The number of rotatable bonds is 3. The summed E-state index contributed by atoms with van der Waals surface area (Å²) in [5.74, 6) is 0. The molecule has 0 aliphatic heterocycles. The molecule has 0 aliphatic rings. The molecule has 0 bridgehead atoms. The first-order chi connectivity index (χ1) is 7.70. The third-order valence-corrected chi connectivity index (χ3v) is 3.01. The highest BCUT2D eigenvalue weighted by Gasteiger charge is 2.06. The van der Waals surface area contributed by atoms with Crippen molar-refractivity contribution in [2.24, 2.45) is 5.73 Å². The number of aromatic nitrogens is 2. The molecule has 2 N–H and O–H groups in total. The molecule has 2 rings (SSSR count). The first-order valence-electron chi connectivity index (χ1n) is 4.84. The number of halogens is 2. The van der Waals surface area contributed by atoms with Crippen molar-refractivity contribution < 1.29 is 0 Å². The second-order valence-electron chi connectivity index (χ2n) is 3.44. The number of hydrogen-bond acceptors (Lipinski definition) is 2. The molecule has 0 amide bonds. The SMILES string of the molecule is NCc1cn(Cc2c(Cl)cccc2Cl)cn1. The summed E-state index contributed by atoms with van der Waals surface area (Å²) in [6.45, 7) is 1.04. The normalized spacial score (nSPS) is 10.7. The van der Waals surface area contributed by atoms with Crippen molar-refractivity contribution in [3.05, 3.63) is 52.0 Å². The zero-order valence-electron chi connectivity index (χ0n) is 8.53. The molecular weight excluding hydrogens is 245 g/mol. The van der Waals surface area contributed by atoms with Crippen molar-refractivity contribution in [1.29, 1.82) is 0 Å². The smallest absolute Gasteiger partial charge is 0.0953 e. The van der Waals surface area contributed by atoms with E-state index >= 15 is 0 Å². The highest BCUT2D eigenvalue weighted by Crippen LogP contribution is 2.25. The zero-order chi connectivity index (χ0) is 11.5. The summed E-state index contributed by atoms with van der Waals surface area (Å²) in [4.78, 5) is 4.14. The van der Waals surface area contributed by atoms with Crippen molar-refractivity contribution in [2.45, 2.75) is 13.1 Å². The van der Waals surface area contributed by atoms with Crippen LogP contribution in [0.1, 0.15) is 11.3 Å². The van der Waals surface area contributed by atoms with Crippen LogP contribution in [0.3, 0.4) is 0 Å². The summed E-state index contributed by atoms with van der Waals surface area (Å²) in [6.07, 6.45) is 3.61. The van der Waals surface area contributed by atoms with E-state index in [2.05, 4.69) is 4.98 Å². The third-order valence-electron chi connectivity index (χ3n) is 2.30. The molecule has 0 aliphatic carbocycles. The predicted octanol–water partition coefficient (Wildman–Crippen LogP) is 2.70. The van der Waals surface area contributed by atoms with Crippen molar-refractivity contribution in [2.75, 3.05) is 0 Å².